The molecule has 2 aliphatic rings. The van der Waals surface area contributed by atoms with Crippen molar-refractivity contribution >= 4 is 6.03 Å². The summed E-state index contributed by atoms with van der Waals surface area (Å²) in [4.78, 5) is 18.7. The predicted molar refractivity (Wildman–Crippen MR) is 84.7 cm³/mol. The highest BCUT2D eigenvalue weighted by Gasteiger charge is 2.40. The molecule has 5 heteroatoms. The first-order chi connectivity index (χ1) is 10.7. The summed E-state index contributed by atoms with van der Waals surface area (Å²) < 4.78 is 5.98. The number of carbonyl (C=O) groups excluding carboxylic acids is 1. The van der Waals surface area contributed by atoms with Crippen LogP contribution in [-0.4, -0.2) is 47.3 Å². The predicted octanol–water partition coefficient (Wildman–Crippen LogP) is 2.37. The van der Waals surface area contributed by atoms with Crippen LogP contribution in [0.25, 0.3) is 0 Å². The molecule has 1 saturated carbocycles. The first-order valence-electron chi connectivity index (χ1n) is 8.26. The average molecular weight is 303 g/mol. The highest BCUT2D eigenvalue weighted by atomic mass is 16.5. The Labute approximate surface area is 132 Å². The van der Waals surface area contributed by atoms with Gasteiger partial charge in [0.1, 0.15) is 0 Å². The number of carbonyl (C=O) groups is 1. The number of hydrogen-bond donors (Lipinski definition) is 1. The Bertz CT molecular complexity index is 500. The minimum Gasteiger partial charge on any atom is -0.371 e. The second-order valence-corrected chi connectivity index (χ2v) is 6.54. The average Bonchev–Trinajstić information content (AvgIpc) is 2.96. The summed E-state index contributed by atoms with van der Waals surface area (Å²) in [6, 6.07) is 5.97. The minimum atomic E-state index is -0.0696. The third-order valence-electron chi connectivity index (χ3n) is 4.66. The molecule has 1 N–H and O–H groups in total. The van der Waals surface area contributed by atoms with Crippen LogP contribution in [0.1, 0.15) is 38.3 Å². The summed E-state index contributed by atoms with van der Waals surface area (Å²) in [7, 11) is 0. The topological polar surface area (TPSA) is 54.5 Å². The maximum atomic E-state index is 12.5. The summed E-state index contributed by atoms with van der Waals surface area (Å²) in [5.74, 6) is 0. The van der Waals surface area contributed by atoms with Gasteiger partial charge in [-0.2, -0.15) is 0 Å². The number of nitrogens with one attached hydrogen (secondary N) is 1. The van der Waals surface area contributed by atoms with Crippen molar-refractivity contribution in [1.29, 1.82) is 0 Å². The van der Waals surface area contributed by atoms with Crippen molar-refractivity contribution in [3.05, 3.63) is 30.1 Å². The van der Waals surface area contributed by atoms with Crippen molar-refractivity contribution in [2.24, 2.45) is 0 Å². The lowest BCUT2D eigenvalue weighted by molar-refractivity contribution is -0.0927. The fraction of sp³-hybridized carbons (Fsp3) is 0.647. The molecule has 5 nitrogen and oxygen atoms in total. The molecule has 0 radical (unpaired) electrons. The fourth-order valence-electron chi connectivity index (χ4n) is 3.53. The zero-order valence-corrected chi connectivity index (χ0v) is 13.3. The molecule has 1 atom stereocenters. The van der Waals surface area contributed by atoms with E-state index in [4.69, 9.17) is 4.74 Å². The normalized spacial score (nSPS) is 21.8. The van der Waals surface area contributed by atoms with Gasteiger partial charge in [0, 0.05) is 30.9 Å². The fourth-order valence-corrected chi connectivity index (χ4v) is 3.53. The van der Waals surface area contributed by atoms with Gasteiger partial charge in [-0.1, -0.05) is 18.9 Å². The van der Waals surface area contributed by atoms with Gasteiger partial charge in [0.15, 0.2) is 0 Å². The Balaban J connectivity index is 1.52. The summed E-state index contributed by atoms with van der Waals surface area (Å²) in [5.41, 5.74) is 0.935. The van der Waals surface area contributed by atoms with E-state index < -0.39 is 0 Å². The molecular weight excluding hydrogens is 278 g/mol. The van der Waals surface area contributed by atoms with E-state index in [1.165, 1.54) is 12.8 Å². The summed E-state index contributed by atoms with van der Waals surface area (Å²) in [6.45, 7) is 4.10. The van der Waals surface area contributed by atoms with E-state index in [0.29, 0.717) is 13.2 Å². The highest BCUT2D eigenvalue weighted by molar-refractivity contribution is 5.74. The van der Waals surface area contributed by atoms with E-state index in [0.717, 1.165) is 31.5 Å². The lowest BCUT2D eigenvalue weighted by Crippen LogP contribution is -2.56. The Morgan fingerprint density at radius 3 is 3.00 bits per heavy atom. The van der Waals surface area contributed by atoms with Crippen molar-refractivity contribution in [1.82, 2.24) is 15.2 Å². The molecular formula is C17H25N3O2. The highest BCUT2D eigenvalue weighted by Crippen LogP contribution is 2.35. The Morgan fingerprint density at radius 1 is 1.45 bits per heavy atom. The van der Waals surface area contributed by atoms with Crippen molar-refractivity contribution in [2.45, 2.75) is 50.7 Å². The standard InChI is InChI=1S/C17H25N3O2/c1-14(12-15-6-2-5-9-18-15)19-16(21)20-10-11-22-17(13-20)7-3-4-8-17/h2,5-6,9,14H,3-4,7-8,10-13H2,1H3,(H,19,21). The van der Waals surface area contributed by atoms with Gasteiger partial charge in [-0.15, -0.1) is 0 Å². The largest absolute Gasteiger partial charge is 0.371 e. The van der Waals surface area contributed by atoms with Crippen LogP contribution in [0.15, 0.2) is 24.4 Å². The number of nitrogens with zero attached hydrogens (tertiary/aromatic N) is 2. The van der Waals surface area contributed by atoms with E-state index in [1.54, 1.807) is 6.20 Å². The SMILES string of the molecule is CC(Cc1ccccn1)NC(=O)N1CCOC2(CCCC2)C1. The zero-order valence-electron chi connectivity index (χ0n) is 13.3. The molecule has 22 heavy (non-hydrogen) atoms. The molecule has 1 saturated heterocycles. The number of pyridine rings is 1. The Kier molecular flexibility index (Phi) is 4.62. The molecule has 2 amide bonds. The van der Waals surface area contributed by atoms with E-state index in [2.05, 4.69) is 10.3 Å². The lowest BCUT2D eigenvalue weighted by Gasteiger charge is -2.40. The molecule has 1 aromatic rings. The molecule has 0 aromatic carbocycles. The number of hydrogen-bond acceptors (Lipinski definition) is 3. The van der Waals surface area contributed by atoms with Crippen LogP contribution < -0.4 is 5.32 Å². The minimum absolute atomic E-state index is 0.0259. The number of morpholine rings is 1. The van der Waals surface area contributed by atoms with Gasteiger partial charge in [0.2, 0.25) is 0 Å². The quantitative estimate of drug-likeness (QED) is 0.932. The summed E-state index contributed by atoms with van der Waals surface area (Å²) in [5, 5.41) is 3.10. The van der Waals surface area contributed by atoms with Crippen LogP contribution >= 0.6 is 0 Å². The molecule has 1 unspecified atom stereocenters. The van der Waals surface area contributed by atoms with Crippen molar-refractivity contribution in [3.63, 3.8) is 0 Å². The van der Waals surface area contributed by atoms with Crippen LogP contribution in [0.4, 0.5) is 4.79 Å². The molecule has 1 aliphatic carbocycles. The van der Waals surface area contributed by atoms with Gasteiger partial charge in [0.25, 0.3) is 0 Å². The van der Waals surface area contributed by atoms with Gasteiger partial charge in [0.05, 0.1) is 18.8 Å². The molecule has 2 heterocycles. The maximum absolute atomic E-state index is 12.5. The second kappa shape index (κ2) is 6.65. The van der Waals surface area contributed by atoms with Crippen molar-refractivity contribution in [2.75, 3.05) is 19.7 Å². The van der Waals surface area contributed by atoms with Crippen molar-refractivity contribution < 1.29 is 9.53 Å². The van der Waals surface area contributed by atoms with Gasteiger partial charge in [-0.05, 0) is 31.9 Å². The second-order valence-electron chi connectivity index (χ2n) is 6.54. The number of rotatable bonds is 3. The van der Waals surface area contributed by atoms with E-state index in [1.807, 2.05) is 30.0 Å². The van der Waals surface area contributed by atoms with Crippen LogP contribution in [0.3, 0.4) is 0 Å². The third kappa shape index (κ3) is 3.58. The van der Waals surface area contributed by atoms with E-state index in [-0.39, 0.29) is 17.7 Å². The first-order valence-corrected chi connectivity index (χ1v) is 8.26. The summed E-state index contributed by atoms with van der Waals surface area (Å²) >= 11 is 0. The maximum Gasteiger partial charge on any atom is 0.317 e. The zero-order chi connectivity index (χ0) is 15.4. The Hall–Kier alpha value is -1.62. The van der Waals surface area contributed by atoms with Crippen LogP contribution in [0.5, 0.6) is 0 Å². The number of urea groups is 1. The molecule has 1 spiro atoms. The molecule has 1 aliphatic heterocycles. The van der Waals surface area contributed by atoms with Gasteiger partial charge >= 0.3 is 6.03 Å². The Morgan fingerprint density at radius 2 is 2.27 bits per heavy atom. The molecule has 1 aromatic heterocycles. The molecule has 120 valence electrons. The number of aromatic nitrogens is 1. The van der Waals surface area contributed by atoms with Gasteiger partial charge in [-0.3, -0.25) is 4.98 Å². The van der Waals surface area contributed by atoms with Crippen LogP contribution in [0.2, 0.25) is 0 Å². The molecule has 2 fully saturated rings. The third-order valence-corrected chi connectivity index (χ3v) is 4.66. The van der Waals surface area contributed by atoms with Crippen LogP contribution in [0, 0.1) is 0 Å². The van der Waals surface area contributed by atoms with Crippen LogP contribution in [-0.2, 0) is 11.2 Å². The number of ether oxygens (including phenoxy) is 1. The summed E-state index contributed by atoms with van der Waals surface area (Å²) in [6.07, 6.45) is 7.13. The monoisotopic (exact) mass is 303 g/mol. The first kappa shape index (κ1) is 15.3. The smallest absolute Gasteiger partial charge is 0.317 e. The van der Waals surface area contributed by atoms with E-state index >= 15 is 0 Å². The molecule has 3 rings (SSSR count). The van der Waals surface area contributed by atoms with E-state index in [9.17, 15) is 4.79 Å². The van der Waals surface area contributed by atoms with Gasteiger partial charge < -0.3 is 15.0 Å². The number of amides is 2. The lowest BCUT2D eigenvalue weighted by atomic mass is 10.00. The van der Waals surface area contributed by atoms with Crippen molar-refractivity contribution in [3.8, 4) is 0 Å². The van der Waals surface area contributed by atoms with Gasteiger partial charge in [-0.25, -0.2) is 4.79 Å². The molecule has 0 bridgehead atoms.